The first-order chi connectivity index (χ1) is 9.36. The molecule has 6 nitrogen and oxygen atoms in total. The Morgan fingerprint density at radius 3 is 2.74 bits per heavy atom. The molecule has 0 fully saturated rings. The predicted octanol–water partition coefficient (Wildman–Crippen LogP) is 2.20. The van der Waals surface area contributed by atoms with Crippen LogP contribution in [0.2, 0.25) is 0 Å². The number of pyridine rings is 2. The largest absolute Gasteiger partial charge is 0.481 e. The minimum Gasteiger partial charge on any atom is -0.481 e. The van der Waals surface area contributed by atoms with Crippen LogP contribution in [0.3, 0.4) is 0 Å². The highest BCUT2D eigenvalue weighted by Crippen LogP contribution is 2.21. The van der Waals surface area contributed by atoms with Gasteiger partial charge in [-0.1, -0.05) is 11.2 Å². The zero-order valence-electron chi connectivity index (χ0n) is 10.1. The van der Waals surface area contributed by atoms with Crippen molar-refractivity contribution in [3.05, 3.63) is 42.7 Å². The first-order valence-electron chi connectivity index (χ1n) is 5.62. The molecule has 0 aliphatic carbocycles. The number of hydrogen-bond acceptors (Lipinski definition) is 6. The third kappa shape index (κ3) is 2.28. The maximum Gasteiger partial charge on any atom is 0.259 e. The number of rotatable bonds is 3. The Kier molecular flexibility index (Phi) is 2.89. The SMILES string of the molecule is COc1ccc(-c2nc(-c3ccccn3)no2)cn1. The van der Waals surface area contributed by atoms with E-state index in [2.05, 4.69) is 20.1 Å². The summed E-state index contributed by atoms with van der Waals surface area (Å²) in [6.45, 7) is 0. The lowest BCUT2D eigenvalue weighted by Gasteiger charge is -1.97. The van der Waals surface area contributed by atoms with E-state index in [1.165, 1.54) is 0 Å². The molecule has 0 unspecified atom stereocenters. The monoisotopic (exact) mass is 254 g/mol. The lowest BCUT2D eigenvalue weighted by Crippen LogP contribution is -1.87. The summed E-state index contributed by atoms with van der Waals surface area (Å²) in [6, 6.07) is 9.06. The number of nitrogens with zero attached hydrogens (tertiary/aromatic N) is 4. The zero-order chi connectivity index (χ0) is 13.1. The molecular weight excluding hydrogens is 244 g/mol. The van der Waals surface area contributed by atoms with Gasteiger partial charge >= 0.3 is 0 Å². The van der Waals surface area contributed by atoms with Crippen LogP contribution < -0.4 is 4.74 Å². The van der Waals surface area contributed by atoms with E-state index < -0.39 is 0 Å². The highest BCUT2D eigenvalue weighted by molar-refractivity contribution is 5.56. The Hall–Kier alpha value is -2.76. The maximum atomic E-state index is 5.20. The fraction of sp³-hybridized carbons (Fsp3) is 0.0769. The zero-order valence-corrected chi connectivity index (χ0v) is 10.1. The lowest BCUT2D eigenvalue weighted by molar-refractivity contribution is 0.397. The molecule has 0 spiro atoms. The normalized spacial score (nSPS) is 10.4. The molecule has 0 amide bonds. The molecule has 19 heavy (non-hydrogen) atoms. The second-order valence-corrected chi connectivity index (χ2v) is 3.73. The average Bonchev–Trinajstić information content (AvgIpc) is 2.98. The topological polar surface area (TPSA) is 73.9 Å². The van der Waals surface area contributed by atoms with Crippen molar-refractivity contribution in [1.82, 2.24) is 20.1 Å². The fourth-order valence-corrected chi connectivity index (χ4v) is 1.57. The van der Waals surface area contributed by atoms with Gasteiger partial charge in [0.25, 0.3) is 5.89 Å². The predicted molar refractivity (Wildman–Crippen MR) is 67.3 cm³/mol. The standard InChI is InChI=1S/C13H10N4O2/c1-18-11-6-5-9(8-15-11)13-16-12(17-19-13)10-4-2-3-7-14-10/h2-8H,1H3. The Morgan fingerprint density at radius 2 is 2.05 bits per heavy atom. The van der Waals surface area contributed by atoms with Crippen molar-refractivity contribution in [3.63, 3.8) is 0 Å². The van der Waals surface area contributed by atoms with E-state index in [0.29, 0.717) is 23.3 Å². The van der Waals surface area contributed by atoms with E-state index in [0.717, 1.165) is 5.56 Å². The van der Waals surface area contributed by atoms with Crippen molar-refractivity contribution >= 4 is 0 Å². The summed E-state index contributed by atoms with van der Waals surface area (Å²) < 4.78 is 10.2. The maximum absolute atomic E-state index is 5.20. The van der Waals surface area contributed by atoms with Crippen LogP contribution >= 0.6 is 0 Å². The molecule has 3 heterocycles. The molecule has 3 rings (SSSR count). The first-order valence-corrected chi connectivity index (χ1v) is 5.62. The van der Waals surface area contributed by atoms with Gasteiger partial charge in [0.05, 0.1) is 12.7 Å². The second kappa shape index (κ2) is 4.85. The van der Waals surface area contributed by atoms with Crippen LogP contribution in [0.1, 0.15) is 0 Å². The smallest absolute Gasteiger partial charge is 0.259 e. The summed E-state index contributed by atoms with van der Waals surface area (Å²) >= 11 is 0. The molecule has 0 aliphatic heterocycles. The minimum atomic E-state index is 0.399. The Labute approximate surface area is 109 Å². The van der Waals surface area contributed by atoms with Crippen LogP contribution in [-0.4, -0.2) is 27.2 Å². The van der Waals surface area contributed by atoms with Crippen molar-refractivity contribution in [2.24, 2.45) is 0 Å². The van der Waals surface area contributed by atoms with Gasteiger partial charge in [0.2, 0.25) is 11.7 Å². The van der Waals surface area contributed by atoms with Crippen molar-refractivity contribution in [2.45, 2.75) is 0 Å². The van der Waals surface area contributed by atoms with Gasteiger partial charge < -0.3 is 9.26 Å². The Morgan fingerprint density at radius 1 is 1.11 bits per heavy atom. The number of hydrogen-bond donors (Lipinski definition) is 0. The lowest BCUT2D eigenvalue weighted by atomic mass is 10.3. The van der Waals surface area contributed by atoms with Crippen LogP contribution in [0.15, 0.2) is 47.2 Å². The van der Waals surface area contributed by atoms with Gasteiger partial charge in [0.1, 0.15) is 5.69 Å². The average molecular weight is 254 g/mol. The highest BCUT2D eigenvalue weighted by atomic mass is 16.5. The summed E-state index contributed by atoms with van der Waals surface area (Å²) in [5, 5.41) is 3.90. The molecule has 3 aromatic rings. The van der Waals surface area contributed by atoms with E-state index in [1.54, 1.807) is 25.6 Å². The summed E-state index contributed by atoms with van der Waals surface area (Å²) in [6.07, 6.45) is 3.30. The molecule has 0 bridgehead atoms. The molecule has 0 aromatic carbocycles. The molecule has 0 radical (unpaired) electrons. The molecule has 0 saturated carbocycles. The van der Waals surface area contributed by atoms with Gasteiger partial charge in [0, 0.05) is 18.5 Å². The fourth-order valence-electron chi connectivity index (χ4n) is 1.57. The van der Waals surface area contributed by atoms with Gasteiger partial charge in [-0.2, -0.15) is 4.98 Å². The van der Waals surface area contributed by atoms with Crippen LogP contribution in [0, 0.1) is 0 Å². The third-order valence-electron chi connectivity index (χ3n) is 2.51. The van der Waals surface area contributed by atoms with E-state index in [4.69, 9.17) is 9.26 Å². The molecule has 0 atom stereocenters. The van der Waals surface area contributed by atoms with Crippen LogP contribution in [-0.2, 0) is 0 Å². The van der Waals surface area contributed by atoms with Crippen LogP contribution in [0.5, 0.6) is 5.88 Å². The van der Waals surface area contributed by atoms with Crippen molar-refractivity contribution in [1.29, 1.82) is 0 Å². The molecule has 0 N–H and O–H groups in total. The van der Waals surface area contributed by atoms with Crippen LogP contribution in [0.4, 0.5) is 0 Å². The highest BCUT2D eigenvalue weighted by Gasteiger charge is 2.11. The summed E-state index contributed by atoms with van der Waals surface area (Å²) in [5.41, 5.74) is 1.40. The number of aromatic nitrogens is 4. The van der Waals surface area contributed by atoms with Gasteiger partial charge in [0.15, 0.2) is 0 Å². The second-order valence-electron chi connectivity index (χ2n) is 3.73. The molecule has 0 saturated heterocycles. The van der Waals surface area contributed by atoms with Crippen molar-refractivity contribution < 1.29 is 9.26 Å². The summed E-state index contributed by atoms with van der Waals surface area (Å²) in [5.74, 6) is 1.38. The van der Waals surface area contributed by atoms with E-state index in [-0.39, 0.29) is 0 Å². The number of ether oxygens (including phenoxy) is 1. The molecule has 0 aliphatic rings. The molecule has 6 heteroatoms. The van der Waals surface area contributed by atoms with Crippen molar-refractivity contribution in [3.8, 4) is 28.9 Å². The molecular formula is C13H10N4O2. The third-order valence-corrected chi connectivity index (χ3v) is 2.51. The van der Waals surface area contributed by atoms with Crippen molar-refractivity contribution in [2.75, 3.05) is 7.11 Å². The Balaban J connectivity index is 1.92. The van der Waals surface area contributed by atoms with Gasteiger partial charge in [-0.05, 0) is 18.2 Å². The van der Waals surface area contributed by atoms with E-state index in [1.807, 2.05) is 24.3 Å². The molecule has 94 valence electrons. The summed E-state index contributed by atoms with van der Waals surface area (Å²) in [7, 11) is 1.56. The van der Waals surface area contributed by atoms with E-state index >= 15 is 0 Å². The first kappa shape index (κ1) is 11.3. The Bertz CT molecular complexity index is 665. The van der Waals surface area contributed by atoms with Gasteiger partial charge in [-0.15, -0.1) is 0 Å². The molecule has 3 aromatic heterocycles. The minimum absolute atomic E-state index is 0.399. The number of methoxy groups -OCH3 is 1. The van der Waals surface area contributed by atoms with Gasteiger partial charge in [-0.3, -0.25) is 4.98 Å². The van der Waals surface area contributed by atoms with E-state index in [9.17, 15) is 0 Å². The van der Waals surface area contributed by atoms with Gasteiger partial charge in [-0.25, -0.2) is 4.98 Å². The quantitative estimate of drug-likeness (QED) is 0.713. The summed E-state index contributed by atoms with van der Waals surface area (Å²) in [4.78, 5) is 12.5. The van der Waals surface area contributed by atoms with Crippen LogP contribution in [0.25, 0.3) is 23.0 Å².